The first kappa shape index (κ1) is 13.8. The first-order chi connectivity index (χ1) is 10.8. The van der Waals surface area contributed by atoms with E-state index in [1.54, 1.807) is 11.3 Å². The maximum atomic E-state index is 12.5. The summed E-state index contributed by atoms with van der Waals surface area (Å²) in [6, 6.07) is 6.04. The highest BCUT2D eigenvalue weighted by molar-refractivity contribution is 7.08. The van der Waals surface area contributed by atoms with Crippen LogP contribution in [0.2, 0.25) is 0 Å². The van der Waals surface area contributed by atoms with Crippen molar-refractivity contribution < 1.29 is 4.79 Å². The number of thiophene rings is 1. The molecule has 4 nitrogen and oxygen atoms in total. The van der Waals surface area contributed by atoms with Crippen LogP contribution in [0.3, 0.4) is 0 Å². The van der Waals surface area contributed by atoms with Crippen LogP contribution in [0.5, 0.6) is 0 Å². The lowest BCUT2D eigenvalue weighted by Gasteiger charge is -2.35. The molecule has 0 N–H and O–H groups in total. The Morgan fingerprint density at radius 1 is 1.23 bits per heavy atom. The van der Waals surface area contributed by atoms with Crippen LogP contribution >= 0.6 is 11.3 Å². The van der Waals surface area contributed by atoms with Gasteiger partial charge in [-0.15, -0.1) is 0 Å². The van der Waals surface area contributed by atoms with Crippen LogP contribution in [0.4, 0.5) is 5.69 Å². The third-order valence-corrected chi connectivity index (χ3v) is 5.55. The summed E-state index contributed by atoms with van der Waals surface area (Å²) in [5.41, 5.74) is 2.04. The smallest absolute Gasteiger partial charge is 0.254 e. The molecule has 0 aliphatic carbocycles. The number of hydrogen-bond acceptors (Lipinski definition) is 4. The number of rotatable bonds is 2. The summed E-state index contributed by atoms with van der Waals surface area (Å²) in [4.78, 5) is 21.2. The molecule has 0 spiro atoms. The SMILES string of the molecule is O=C(c1ccsc1)N1C[C@H]2CCN(c3cccnc3)C[C@H]2C1. The van der Waals surface area contributed by atoms with E-state index in [0.717, 1.165) is 38.2 Å². The second-order valence-electron chi connectivity index (χ2n) is 6.19. The lowest BCUT2D eigenvalue weighted by molar-refractivity contribution is 0.0785. The van der Waals surface area contributed by atoms with Gasteiger partial charge in [-0.2, -0.15) is 11.3 Å². The molecule has 2 aromatic heterocycles. The minimum atomic E-state index is 0.198. The molecule has 22 heavy (non-hydrogen) atoms. The highest BCUT2D eigenvalue weighted by Gasteiger charge is 2.39. The lowest BCUT2D eigenvalue weighted by atomic mass is 9.88. The Balaban J connectivity index is 1.45. The van der Waals surface area contributed by atoms with Gasteiger partial charge < -0.3 is 9.80 Å². The van der Waals surface area contributed by atoms with Gasteiger partial charge in [0, 0.05) is 37.8 Å². The van der Waals surface area contributed by atoms with E-state index in [2.05, 4.69) is 16.0 Å². The highest BCUT2D eigenvalue weighted by Crippen LogP contribution is 2.33. The van der Waals surface area contributed by atoms with Crippen LogP contribution in [-0.4, -0.2) is 42.0 Å². The fourth-order valence-electron chi connectivity index (χ4n) is 3.68. The van der Waals surface area contributed by atoms with Crippen molar-refractivity contribution in [3.8, 4) is 0 Å². The summed E-state index contributed by atoms with van der Waals surface area (Å²) in [6.07, 6.45) is 4.91. The third kappa shape index (κ3) is 2.50. The normalized spacial score (nSPS) is 24.4. The van der Waals surface area contributed by atoms with Gasteiger partial charge in [0.05, 0.1) is 17.4 Å². The number of likely N-dealkylation sites (tertiary alicyclic amines) is 1. The molecule has 0 unspecified atom stereocenters. The largest absolute Gasteiger partial charge is 0.370 e. The van der Waals surface area contributed by atoms with Gasteiger partial charge in [-0.1, -0.05) is 0 Å². The zero-order valence-corrected chi connectivity index (χ0v) is 13.2. The molecule has 5 heteroatoms. The number of hydrogen-bond donors (Lipinski definition) is 0. The number of carbonyl (C=O) groups excluding carboxylic acids is 1. The Bertz CT molecular complexity index is 643. The monoisotopic (exact) mass is 313 g/mol. The lowest BCUT2D eigenvalue weighted by Crippen LogP contribution is -2.40. The first-order valence-corrected chi connectivity index (χ1v) is 8.72. The Kier molecular flexibility index (Phi) is 3.58. The van der Waals surface area contributed by atoms with Crippen LogP contribution in [0.15, 0.2) is 41.4 Å². The van der Waals surface area contributed by atoms with E-state index in [-0.39, 0.29) is 5.91 Å². The fraction of sp³-hybridized carbons (Fsp3) is 0.412. The van der Waals surface area contributed by atoms with Crippen molar-refractivity contribution in [3.05, 3.63) is 46.9 Å². The van der Waals surface area contributed by atoms with E-state index in [1.807, 2.05) is 40.2 Å². The molecule has 2 aliphatic heterocycles. The van der Waals surface area contributed by atoms with Gasteiger partial charge in [-0.05, 0) is 41.8 Å². The highest BCUT2D eigenvalue weighted by atomic mass is 32.1. The average Bonchev–Trinajstić information content (AvgIpc) is 3.23. The quantitative estimate of drug-likeness (QED) is 0.855. The molecular weight excluding hydrogens is 294 g/mol. The van der Waals surface area contributed by atoms with Crippen LogP contribution in [0.1, 0.15) is 16.8 Å². The van der Waals surface area contributed by atoms with Gasteiger partial charge in [-0.3, -0.25) is 9.78 Å². The maximum Gasteiger partial charge on any atom is 0.254 e. The van der Waals surface area contributed by atoms with Crippen molar-refractivity contribution >= 4 is 22.9 Å². The molecule has 2 fully saturated rings. The number of aromatic nitrogens is 1. The van der Waals surface area contributed by atoms with E-state index >= 15 is 0 Å². The summed E-state index contributed by atoms with van der Waals surface area (Å²) in [7, 11) is 0. The van der Waals surface area contributed by atoms with Gasteiger partial charge >= 0.3 is 0 Å². The molecule has 4 rings (SSSR count). The molecular formula is C17H19N3OS. The maximum absolute atomic E-state index is 12.5. The summed E-state index contributed by atoms with van der Waals surface area (Å²) < 4.78 is 0. The Morgan fingerprint density at radius 2 is 2.14 bits per heavy atom. The van der Waals surface area contributed by atoms with Crippen molar-refractivity contribution in [3.63, 3.8) is 0 Å². The van der Waals surface area contributed by atoms with Crippen molar-refractivity contribution in [1.29, 1.82) is 0 Å². The number of nitrogens with zero attached hydrogens (tertiary/aromatic N) is 3. The molecule has 2 atom stereocenters. The summed E-state index contributed by atoms with van der Waals surface area (Å²) in [5, 5.41) is 3.92. The van der Waals surface area contributed by atoms with Crippen LogP contribution in [0, 0.1) is 11.8 Å². The van der Waals surface area contributed by atoms with E-state index in [0.29, 0.717) is 11.8 Å². The number of fused-ring (bicyclic) bond motifs is 1. The zero-order valence-electron chi connectivity index (χ0n) is 12.4. The predicted molar refractivity (Wildman–Crippen MR) is 88.3 cm³/mol. The van der Waals surface area contributed by atoms with Crippen molar-refractivity contribution in [1.82, 2.24) is 9.88 Å². The Labute approximate surface area is 134 Å². The molecule has 0 radical (unpaired) electrons. The summed E-state index contributed by atoms with van der Waals surface area (Å²) in [6.45, 7) is 3.90. The van der Waals surface area contributed by atoms with E-state index in [1.165, 1.54) is 5.69 Å². The zero-order chi connectivity index (χ0) is 14.9. The third-order valence-electron chi connectivity index (χ3n) is 4.87. The molecule has 2 saturated heterocycles. The summed E-state index contributed by atoms with van der Waals surface area (Å²) >= 11 is 1.59. The van der Waals surface area contributed by atoms with E-state index in [9.17, 15) is 4.79 Å². The number of amides is 1. The van der Waals surface area contributed by atoms with Crippen LogP contribution in [0.25, 0.3) is 0 Å². The van der Waals surface area contributed by atoms with Crippen molar-refractivity contribution in [2.24, 2.45) is 11.8 Å². The number of pyridine rings is 1. The summed E-state index contributed by atoms with van der Waals surface area (Å²) in [5.74, 6) is 1.43. The number of anilines is 1. The van der Waals surface area contributed by atoms with Crippen LogP contribution in [-0.2, 0) is 0 Å². The Hall–Kier alpha value is -1.88. The van der Waals surface area contributed by atoms with E-state index < -0.39 is 0 Å². The van der Waals surface area contributed by atoms with Crippen molar-refractivity contribution in [2.75, 3.05) is 31.1 Å². The second-order valence-corrected chi connectivity index (χ2v) is 6.97. The molecule has 114 valence electrons. The second kappa shape index (κ2) is 5.72. The van der Waals surface area contributed by atoms with Gasteiger partial charge in [0.1, 0.15) is 0 Å². The average molecular weight is 313 g/mol. The van der Waals surface area contributed by atoms with Gasteiger partial charge in [0.25, 0.3) is 5.91 Å². The van der Waals surface area contributed by atoms with Crippen molar-refractivity contribution in [2.45, 2.75) is 6.42 Å². The molecule has 4 heterocycles. The standard InChI is InChI=1S/C17H19N3OS/c21-17(14-4-7-22-12-14)20-9-13-3-6-19(10-15(13)11-20)16-2-1-5-18-8-16/h1-2,4-5,7-8,12-13,15H,3,6,9-11H2/t13-,15+/m1/s1. The topological polar surface area (TPSA) is 36.4 Å². The molecule has 2 aromatic rings. The Morgan fingerprint density at radius 3 is 2.91 bits per heavy atom. The minimum Gasteiger partial charge on any atom is -0.370 e. The van der Waals surface area contributed by atoms with Gasteiger partial charge in [0.15, 0.2) is 0 Å². The molecule has 0 saturated carbocycles. The molecule has 1 amide bonds. The molecule has 2 aliphatic rings. The van der Waals surface area contributed by atoms with Gasteiger partial charge in [0.2, 0.25) is 0 Å². The first-order valence-electron chi connectivity index (χ1n) is 7.78. The predicted octanol–water partition coefficient (Wildman–Crippen LogP) is 2.74. The fourth-order valence-corrected chi connectivity index (χ4v) is 4.31. The number of piperidine rings is 1. The van der Waals surface area contributed by atoms with Crippen LogP contribution < -0.4 is 4.90 Å². The minimum absolute atomic E-state index is 0.198. The van der Waals surface area contributed by atoms with E-state index in [4.69, 9.17) is 0 Å². The number of carbonyl (C=O) groups is 1. The molecule has 0 bridgehead atoms. The van der Waals surface area contributed by atoms with Gasteiger partial charge in [-0.25, -0.2) is 0 Å². The molecule has 0 aromatic carbocycles.